The van der Waals surface area contributed by atoms with Gasteiger partial charge in [-0.25, -0.2) is 0 Å². The summed E-state index contributed by atoms with van der Waals surface area (Å²) in [6, 6.07) is 0. The molecular weight excluding hydrogens is 306 g/mol. The zero-order valence-electron chi connectivity index (χ0n) is 7.87. The van der Waals surface area contributed by atoms with Gasteiger partial charge >= 0.3 is 12.4 Å². The van der Waals surface area contributed by atoms with Crippen molar-refractivity contribution in [3.05, 3.63) is 12.2 Å². The van der Waals surface area contributed by atoms with Gasteiger partial charge in [-0.15, -0.1) is 0 Å². The third kappa shape index (κ3) is 3.65. The first-order valence-electron chi connectivity index (χ1n) is 4.13. The van der Waals surface area contributed by atoms with E-state index in [0.29, 0.717) is 11.4 Å². The number of alkyl halides is 7. The Morgan fingerprint density at radius 1 is 0.938 bits per heavy atom. The third-order valence-corrected chi connectivity index (χ3v) is 2.25. The molecule has 96 valence electrons. The van der Waals surface area contributed by atoms with Gasteiger partial charge in [-0.05, 0) is 6.42 Å². The standard InChI is InChI=1S/C8H9BrF6O/c9-5-3-1-2-4-6(16,7(10,11)12)8(13,14)15/h1-2,16H,3-5H2. The van der Waals surface area contributed by atoms with Crippen molar-refractivity contribution in [2.75, 3.05) is 5.33 Å². The number of allylic oxidation sites excluding steroid dienone is 1. The van der Waals surface area contributed by atoms with Gasteiger partial charge in [0.15, 0.2) is 0 Å². The molecule has 0 aliphatic carbocycles. The van der Waals surface area contributed by atoms with E-state index in [9.17, 15) is 26.3 Å². The summed E-state index contributed by atoms with van der Waals surface area (Å²) in [7, 11) is 0. The predicted molar refractivity (Wildman–Crippen MR) is 49.2 cm³/mol. The van der Waals surface area contributed by atoms with Gasteiger partial charge in [0, 0.05) is 11.8 Å². The van der Waals surface area contributed by atoms with Crippen LogP contribution in [0.1, 0.15) is 12.8 Å². The molecule has 0 aromatic heterocycles. The average molecular weight is 315 g/mol. The molecule has 0 saturated heterocycles. The van der Waals surface area contributed by atoms with Crippen molar-refractivity contribution in [2.45, 2.75) is 30.8 Å². The number of hydrogen-bond donors (Lipinski definition) is 1. The summed E-state index contributed by atoms with van der Waals surface area (Å²) in [5.74, 6) is 0. The van der Waals surface area contributed by atoms with E-state index in [1.54, 1.807) is 0 Å². The van der Waals surface area contributed by atoms with Crippen molar-refractivity contribution in [3.63, 3.8) is 0 Å². The van der Waals surface area contributed by atoms with Crippen LogP contribution in [0, 0.1) is 0 Å². The monoisotopic (exact) mass is 314 g/mol. The molecule has 0 bridgehead atoms. The molecule has 0 rings (SSSR count). The van der Waals surface area contributed by atoms with E-state index in [4.69, 9.17) is 5.11 Å². The second kappa shape index (κ2) is 5.39. The van der Waals surface area contributed by atoms with Gasteiger partial charge < -0.3 is 5.11 Å². The minimum atomic E-state index is -5.75. The fourth-order valence-electron chi connectivity index (χ4n) is 0.827. The van der Waals surface area contributed by atoms with Crippen LogP contribution in [0.4, 0.5) is 26.3 Å². The Hall–Kier alpha value is -0.240. The second-order valence-electron chi connectivity index (χ2n) is 3.01. The largest absolute Gasteiger partial charge is 0.426 e. The lowest BCUT2D eigenvalue weighted by Crippen LogP contribution is -2.56. The molecule has 8 heteroatoms. The Bertz CT molecular complexity index is 230. The summed E-state index contributed by atoms with van der Waals surface area (Å²) in [5.41, 5.74) is -4.68. The first-order valence-corrected chi connectivity index (χ1v) is 5.25. The van der Waals surface area contributed by atoms with Gasteiger partial charge in [0.1, 0.15) is 0 Å². The summed E-state index contributed by atoms with van der Waals surface area (Å²) in [5, 5.41) is 9.09. The van der Waals surface area contributed by atoms with E-state index in [0.717, 1.165) is 6.08 Å². The van der Waals surface area contributed by atoms with E-state index in [-0.39, 0.29) is 6.42 Å². The van der Waals surface area contributed by atoms with Gasteiger partial charge in [0.05, 0.1) is 0 Å². The van der Waals surface area contributed by atoms with Crippen LogP contribution in [0.2, 0.25) is 0 Å². The SMILES string of the molecule is OC(CC=CCCBr)(C(F)(F)F)C(F)(F)F. The molecule has 0 spiro atoms. The van der Waals surface area contributed by atoms with Gasteiger partial charge in [-0.1, -0.05) is 28.1 Å². The minimum absolute atomic E-state index is 0.284. The summed E-state index contributed by atoms with van der Waals surface area (Å²) in [6.07, 6.45) is -10.9. The predicted octanol–water partition coefficient (Wildman–Crippen LogP) is 3.57. The second-order valence-corrected chi connectivity index (χ2v) is 3.80. The molecule has 1 nitrogen and oxygen atoms in total. The molecule has 1 N–H and O–H groups in total. The van der Waals surface area contributed by atoms with Crippen molar-refractivity contribution in [2.24, 2.45) is 0 Å². The fourth-order valence-corrected chi connectivity index (χ4v) is 1.09. The van der Waals surface area contributed by atoms with Crippen molar-refractivity contribution in [1.82, 2.24) is 0 Å². The molecule has 0 unspecified atom stereocenters. The molecule has 0 amide bonds. The van der Waals surface area contributed by atoms with Crippen LogP contribution in [0.15, 0.2) is 12.2 Å². The maximum atomic E-state index is 12.1. The van der Waals surface area contributed by atoms with E-state index in [1.807, 2.05) is 0 Å². The Morgan fingerprint density at radius 3 is 1.69 bits per heavy atom. The molecule has 0 aromatic rings. The van der Waals surface area contributed by atoms with Crippen molar-refractivity contribution >= 4 is 15.9 Å². The van der Waals surface area contributed by atoms with Crippen molar-refractivity contribution in [1.29, 1.82) is 0 Å². The summed E-state index contributed by atoms with van der Waals surface area (Å²) in [4.78, 5) is 0. The highest BCUT2D eigenvalue weighted by atomic mass is 79.9. The lowest BCUT2D eigenvalue weighted by Gasteiger charge is -2.31. The topological polar surface area (TPSA) is 20.2 Å². The smallest absolute Gasteiger partial charge is 0.373 e. The van der Waals surface area contributed by atoms with Crippen LogP contribution in [0.5, 0.6) is 0 Å². The summed E-state index contributed by atoms with van der Waals surface area (Å²) < 4.78 is 72.6. The quantitative estimate of drug-likeness (QED) is 0.478. The van der Waals surface area contributed by atoms with Crippen LogP contribution in [-0.2, 0) is 0 Å². The van der Waals surface area contributed by atoms with E-state index >= 15 is 0 Å². The molecule has 0 aliphatic heterocycles. The molecule has 0 aromatic carbocycles. The number of aliphatic hydroxyl groups is 1. The summed E-state index contributed by atoms with van der Waals surface area (Å²) in [6.45, 7) is 0. The molecule has 0 heterocycles. The van der Waals surface area contributed by atoms with Crippen LogP contribution in [0.25, 0.3) is 0 Å². The number of rotatable bonds is 4. The van der Waals surface area contributed by atoms with Gasteiger partial charge in [0.25, 0.3) is 5.60 Å². The van der Waals surface area contributed by atoms with Gasteiger partial charge in [0.2, 0.25) is 0 Å². The van der Waals surface area contributed by atoms with Crippen LogP contribution in [-0.4, -0.2) is 28.4 Å². The zero-order valence-corrected chi connectivity index (χ0v) is 9.45. The molecule has 0 atom stereocenters. The lowest BCUT2D eigenvalue weighted by atomic mass is 9.98. The van der Waals surface area contributed by atoms with E-state index < -0.39 is 24.4 Å². The van der Waals surface area contributed by atoms with Crippen LogP contribution < -0.4 is 0 Å². The number of halogens is 7. The van der Waals surface area contributed by atoms with E-state index in [2.05, 4.69) is 15.9 Å². The molecule has 0 radical (unpaired) electrons. The zero-order chi connectivity index (χ0) is 13.0. The Kier molecular flexibility index (Phi) is 5.31. The van der Waals surface area contributed by atoms with Crippen LogP contribution in [0.3, 0.4) is 0 Å². The highest BCUT2D eigenvalue weighted by Gasteiger charge is 2.69. The highest BCUT2D eigenvalue weighted by molar-refractivity contribution is 9.09. The first kappa shape index (κ1) is 15.8. The Balaban J connectivity index is 4.85. The van der Waals surface area contributed by atoms with Gasteiger partial charge in [-0.2, -0.15) is 26.3 Å². The average Bonchev–Trinajstić information content (AvgIpc) is 2.08. The maximum Gasteiger partial charge on any atom is 0.426 e. The Morgan fingerprint density at radius 2 is 1.38 bits per heavy atom. The third-order valence-electron chi connectivity index (χ3n) is 1.79. The number of hydrogen-bond acceptors (Lipinski definition) is 1. The molecule has 16 heavy (non-hydrogen) atoms. The molecule has 0 aliphatic rings. The highest BCUT2D eigenvalue weighted by Crippen LogP contribution is 2.45. The maximum absolute atomic E-state index is 12.1. The van der Waals surface area contributed by atoms with Crippen molar-refractivity contribution < 1.29 is 31.4 Å². The van der Waals surface area contributed by atoms with E-state index in [1.165, 1.54) is 0 Å². The Labute approximate surface area is 96.3 Å². The normalized spacial score (nSPS) is 14.8. The minimum Gasteiger partial charge on any atom is -0.373 e. The molecule has 0 saturated carbocycles. The van der Waals surface area contributed by atoms with Gasteiger partial charge in [-0.3, -0.25) is 0 Å². The first-order chi connectivity index (χ1) is 7.06. The lowest BCUT2D eigenvalue weighted by molar-refractivity contribution is -0.366. The fraction of sp³-hybridized carbons (Fsp3) is 0.750. The van der Waals surface area contributed by atoms with Crippen LogP contribution >= 0.6 is 15.9 Å². The molecule has 0 fully saturated rings. The molecular formula is C8H9BrF6O. The van der Waals surface area contributed by atoms with Crippen molar-refractivity contribution in [3.8, 4) is 0 Å². The summed E-state index contributed by atoms with van der Waals surface area (Å²) >= 11 is 2.95.